The molecule has 1 aromatic heterocycles. The van der Waals surface area contributed by atoms with Crippen LogP contribution in [0.4, 0.5) is 5.69 Å². The van der Waals surface area contributed by atoms with Crippen LogP contribution in [0.3, 0.4) is 0 Å². The average Bonchev–Trinajstić information content (AvgIpc) is 3.20. The van der Waals surface area contributed by atoms with E-state index >= 15 is 0 Å². The summed E-state index contributed by atoms with van der Waals surface area (Å²) in [6, 6.07) is 9.37. The number of piperazine rings is 1. The van der Waals surface area contributed by atoms with Crippen LogP contribution in [0.1, 0.15) is 16.1 Å². The first-order valence-electron chi connectivity index (χ1n) is 8.80. The molecular weight excluding hydrogens is 348 g/mol. The molecule has 0 radical (unpaired) electrons. The molecule has 0 aliphatic carbocycles. The first-order chi connectivity index (χ1) is 13.2. The Bertz CT molecular complexity index is 832. The first-order valence-corrected chi connectivity index (χ1v) is 8.80. The van der Waals surface area contributed by atoms with E-state index in [1.165, 1.54) is 0 Å². The summed E-state index contributed by atoms with van der Waals surface area (Å²) in [7, 11) is 0. The predicted octanol–water partition coefficient (Wildman–Crippen LogP) is 1.34. The normalized spacial score (nSPS) is 15.6. The number of carbonyl (C=O) groups excluding carboxylic acids is 2. The fourth-order valence-electron chi connectivity index (χ4n) is 3.07. The van der Waals surface area contributed by atoms with Crippen LogP contribution in [0.5, 0.6) is 11.5 Å². The van der Waals surface area contributed by atoms with E-state index in [1.54, 1.807) is 22.1 Å². The smallest absolute Gasteiger partial charge is 0.272 e. The van der Waals surface area contributed by atoms with Crippen LogP contribution < -0.4 is 14.8 Å². The topological polar surface area (TPSA) is 84.0 Å². The zero-order chi connectivity index (χ0) is 18.6. The van der Waals surface area contributed by atoms with Gasteiger partial charge in [0.25, 0.3) is 5.91 Å². The summed E-state index contributed by atoms with van der Waals surface area (Å²) in [5, 5.41) is 3.28. The van der Waals surface area contributed by atoms with Gasteiger partial charge in [-0.15, -0.1) is 0 Å². The number of fused-ring (bicyclic) bond motifs is 1. The quantitative estimate of drug-likeness (QED) is 0.802. The molecule has 0 bridgehead atoms. The van der Waals surface area contributed by atoms with Crippen molar-refractivity contribution < 1.29 is 19.1 Å². The maximum absolute atomic E-state index is 12.5. The van der Waals surface area contributed by atoms with Gasteiger partial charge in [-0.2, -0.15) is 0 Å². The maximum Gasteiger partial charge on any atom is 0.272 e. The van der Waals surface area contributed by atoms with E-state index in [0.29, 0.717) is 38.4 Å². The molecule has 0 saturated carbocycles. The number of amides is 2. The highest BCUT2D eigenvalue weighted by molar-refractivity contribution is 5.92. The van der Waals surface area contributed by atoms with Crippen molar-refractivity contribution in [2.75, 3.05) is 38.3 Å². The summed E-state index contributed by atoms with van der Waals surface area (Å²) in [6.07, 6.45) is 2.47. The van der Waals surface area contributed by atoms with Gasteiger partial charge >= 0.3 is 0 Å². The van der Waals surface area contributed by atoms with E-state index in [2.05, 4.69) is 10.3 Å². The molecule has 1 N–H and O–H groups in total. The molecule has 8 heteroatoms. The summed E-state index contributed by atoms with van der Waals surface area (Å²) in [4.78, 5) is 30.9. The Morgan fingerprint density at radius 1 is 1.11 bits per heavy atom. The molecule has 2 aromatic rings. The van der Waals surface area contributed by atoms with Crippen LogP contribution in [0.2, 0.25) is 0 Å². The van der Waals surface area contributed by atoms with E-state index in [4.69, 9.17) is 9.47 Å². The summed E-state index contributed by atoms with van der Waals surface area (Å²) in [6.45, 7) is 3.05. The third-order valence-corrected chi connectivity index (χ3v) is 4.67. The van der Waals surface area contributed by atoms with Gasteiger partial charge in [0.1, 0.15) is 5.69 Å². The van der Waals surface area contributed by atoms with Gasteiger partial charge in [0.2, 0.25) is 13.2 Å². The molecule has 1 aromatic carbocycles. The molecule has 0 unspecified atom stereocenters. The largest absolute Gasteiger partial charge is 0.454 e. The molecule has 4 rings (SSSR count). The number of nitrogens with zero attached hydrogens (tertiary/aromatic N) is 3. The minimum atomic E-state index is -0.108. The molecular formula is C19H20N4O4. The van der Waals surface area contributed by atoms with E-state index in [-0.39, 0.29) is 12.7 Å². The van der Waals surface area contributed by atoms with Crippen molar-refractivity contribution in [1.82, 2.24) is 14.8 Å². The molecule has 0 spiro atoms. The van der Waals surface area contributed by atoms with Crippen LogP contribution in [-0.2, 0) is 11.3 Å². The predicted molar refractivity (Wildman–Crippen MR) is 97.7 cm³/mol. The van der Waals surface area contributed by atoms with Gasteiger partial charge in [-0.05, 0) is 29.8 Å². The number of rotatable bonds is 5. The Morgan fingerprint density at radius 2 is 1.93 bits per heavy atom. The molecule has 1 saturated heterocycles. The number of pyridine rings is 1. The number of nitrogens with one attached hydrogen (secondary N) is 1. The van der Waals surface area contributed by atoms with Gasteiger partial charge in [-0.3, -0.25) is 9.59 Å². The van der Waals surface area contributed by atoms with Gasteiger partial charge in [-0.1, -0.05) is 6.07 Å². The van der Waals surface area contributed by atoms with Gasteiger partial charge in [0.15, 0.2) is 11.5 Å². The lowest BCUT2D eigenvalue weighted by Gasteiger charge is -2.32. The maximum atomic E-state index is 12.5. The highest BCUT2D eigenvalue weighted by Crippen LogP contribution is 2.32. The van der Waals surface area contributed by atoms with Crippen molar-refractivity contribution >= 4 is 18.0 Å². The number of ether oxygens (including phenoxy) is 2. The molecule has 8 nitrogen and oxygen atoms in total. The molecule has 140 valence electrons. The Hall–Kier alpha value is -3.29. The minimum Gasteiger partial charge on any atom is -0.454 e. The van der Waals surface area contributed by atoms with E-state index in [1.807, 2.05) is 24.3 Å². The van der Waals surface area contributed by atoms with Crippen LogP contribution in [0.25, 0.3) is 0 Å². The molecule has 2 amide bonds. The summed E-state index contributed by atoms with van der Waals surface area (Å²) >= 11 is 0. The number of aromatic nitrogens is 1. The molecule has 3 heterocycles. The second-order valence-electron chi connectivity index (χ2n) is 6.41. The SMILES string of the molecule is O=CN1CCN(C(=O)c2ccc(NCc3ccc4c(c3)OCO4)cn2)CC1. The zero-order valence-corrected chi connectivity index (χ0v) is 14.8. The number of anilines is 1. The molecule has 1 fully saturated rings. The number of hydrogen-bond donors (Lipinski definition) is 1. The van der Waals surface area contributed by atoms with Crippen molar-refractivity contribution in [3.05, 3.63) is 47.8 Å². The second-order valence-corrected chi connectivity index (χ2v) is 6.41. The number of benzene rings is 1. The third kappa shape index (κ3) is 3.79. The second kappa shape index (κ2) is 7.53. The average molecular weight is 368 g/mol. The lowest BCUT2D eigenvalue weighted by Crippen LogP contribution is -2.48. The van der Waals surface area contributed by atoms with Gasteiger partial charge in [0.05, 0.1) is 11.9 Å². The summed E-state index contributed by atoms with van der Waals surface area (Å²) in [5.74, 6) is 1.41. The Labute approximate surface area is 156 Å². The van der Waals surface area contributed by atoms with Gasteiger partial charge in [0, 0.05) is 32.7 Å². The molecule has 27 heavy (non-hydrogen) atoms. The number of carbonyl (C=O) groups is 2. The van der Waals surface area contributed by atoms with Crippen molar-refractivity contribution in [1.29, 1.82) is 0 Å². The molecule has 2 aliphatic heterocycles. The highest BCUT2D eigenvalue weighted by Gasteiger charge is 2.22. The lowest BCUT2D eigenvalue weighted by atomic mass is 10.2. The van der Waals surface area contributed by atoms with Gasteiger partial charge in [-0.25, -0.2) is 4.98 Å². The monoisotopic (exact) mass is 368 g/mol. The Balaban J connectivity index is 1.33. The van der Waals surface area contributed by atoms with Crippen molar-refractivity contribution in [2.24, 2.45) is 0 Å². The van der Waals surface area contributed by atoms with Crippen molar-refractivity contribution in [3.63, 3.8) is 0 Å². The van der Waals surface area contributed by atoms with E-state index in [9.17, 15) is 9.59 Å². The van der Waals surface area contributed by atoms with Crippen LogP contribution in [-0.4, -0.2) is 60.1 Å². The Morgan fingerprint density at radius 3 is 2.67 bits per heavy atom. The molecule has 0 atom stereocenters. The first kappa shape index (κ1) is 17.1. The van der Waals surface area contributed by atoms with Crippen LogP contribution in [0.15, 0.2) is 36.5 Å². The van der Waals surface area contributed by atoms with E-state index in [0.717, 1.165) is 29.2 Å². The fraction of sp³-hybridized carbons (Fsp3) is 0.316. The van der Waals surface area contributed by atoms with Crippen LogP contribution in [0, 0.1) is 0 Å². The fourth-order valence-corrected chi connectivity index (χ4v) is 3.07. The zero-order valence-electron chi connectivity index (χ0n) is 14.8. The van der Waals surface area contributed by atoms with Crippen molar-refractivity contribution in [2.45, 2.75) is 6.54 Å². The highest BCUT2D eigenvalue weighted by atomic mass is 16.7. The molecule has 2 aliphatic rings. The summed E-state index contributed by atoms with van der Waals surface area (Å²) < 4.78 is 10.7. The van der Waals surface area contributed by atoms with Crippen LogP contribution >= 0.6 is 0 Å². The van der Waals surface area contributed by atoms with E-state index < -0.39 is 0 Å². The Kier molecular flexibility index (Phi) is 4.78. The standard InChI is InChI=1S/C19H20N4O4/c24-12-22-5-7-23(8-6-22)19(25)16-3-2-15(11-21-16)20-10-14-1-4-17-18(9-14)27-13-26-17/h1-4,9,11-12,20H,5-8,10,13H2. The minimum absolute atomic E-state index is 0.108. The summed E-state index contributed by atoms with van der Waals surface area (Å²) in [5.41, 5.74) is 2.30. The lowest BCUT2D eigenvalue weighted by molar-refractivity contribution is -0.119. The van der Waals surface area contributed by atoms with Gasteiger partial charge < -0.3 is 24.6 Å². The van der Waals surface area contributed by atoms with Crippen molar-refractivity contribution in [3.8, 4) is 11.5 Å². The third-order valence-electron chi connectivity index (χ3n) is 4.67. The number of hydrogen-bond acceptors (Lipinski definition) is 6.